The number of hydrogen-bond donors (Lipinski definition) is 1. The molecule has 1 heterocycles. The summed E-state index contributed by atoms with van der Waals surface area (Å²) >= 11 is 0. The van der Waals surface area contributed by atoms with Gasteiger partial charge in [0.05, 0.1) is 7.11 Å². The fraction of sp³-hybridized carbons (Fsp3) is 0.368. The highest BCUT2D eigenvalue weighted by Crippen LogP contribution is 2.20. The summed E-state index contributed by atoms with van der Waals surface area (Å²) in [5, 5.41) is 3.12. The second kappa shape index (κ2) is 11.7. The molecule has 0 bridgehead atoms. The lowest BCUT2D eigenvalue weighted by atomic mass is 10.2. The number of ether oxygens (including phenoxy) is 2. The van der Waals surface area contributed by atoms with Gasteiger partial charge in [-0.1, -0.05) is 18.2 Å². The topological polar surface area (TPSA) is 59.0 Å². The molecule has 0 saturated carbocycles. The second-order valence-corrected chi connectivity index (χ2v) is 5.98. The number of nitrogens with zero attached hydrogens (tertiary/aromatic N) is 3. The van der Waals surface area contributed by atoms with Crippen LogP contribution in [0.15, 0.2) is 47.6 Å². The first-order valence-electron chi connectivity index (χ1n) is 8.50. The van der Waals surface area contributed by atoms with Crippen molar-refractivity contribution in [3.63, 3.8) is 0 Å². The molecule has 1 aromatic heterocycles. The molecule has 2 aromatic rings. The maximum atomic E-state index is 12.4. The summed E-state index contributed by atoms with van der Waals surface area (Å²) in [4.78, 5) is 10.00. The van der Waals surface area contributed by atoms with Crippen LogP contribution in [0.4, 0.5) is 13.2 Å². The van der Waals surface area contributed by atoms with Crippen molar-refractivity contribution >= 4 is 29.9 Å². The molecular formula is C19H24F3IN4O2. The predicted octanol–water partition coefficient (Wildman–Crippen LogP) is 3.86. The number of halogens is 4. The number of rotatable bonds is 7. The van der Waals surface area contributed by atoms with Crippen LogP contribution in [0.25, 0.3) is 0 Å². The molecule has 160 valence electrons. The molecule has 10 heteroatoms. The fourth-order valence-electron chi connectivity index (χ4n) is 2.48. The largest absolute Gasteiger partial charge is 0.497 e. The van der Waals surface area contributed by atoms with Crippen molar-refractivity contribution in [3.8, 4) is 11.6 Å². The van der Waals surface area contributed by atoms with E-state index < -0.39 is 12.8 Å². The summed E-state index contributed by atoms with van der Waals surface area (Å²) in [5.41, 5.74) is 1.56. The Morgan fingerprint density at radius 2 is 1.90 bits per heavy atom. The number of nitrogens with one attached hydrogen (secondary N) is 1. The molecule has 2 rings (SSSR count). The molecule has 0 saturated heterocycles. The summed E-state index contributed by atoms with van der Waals surface area (Å²) < 4.78 is 47.1. The van der Waals surface area contributed by atoms with Crippen molar-refractivity contribution < 1.29 is 22.6 Å². The number of guanidine groups is 1. The summed E-state index contributed by atoms with van der Waals surface area (Å²) in [6.45, 7) is -0.572. The third-order valence-corrected chi connectivity index (χ3v) is 3.81. The van der Waals surface area contributed by atoms with E-state index in [1.165, 1.54) is 6.20 Å². The van der Waals surface area contributed by atoms with Gasteiger partial charge in [-0.25, -0.2) is 4.98 Å². The van der Waals surface area contributed by atoms with Crippen LogP contribution in [0.2, 0.25) is 0 Å². The Kier molecular flexibility index (Phi) is 9.99. The van der Waals surface area contributed by atoms with Gasteiger partial charge in [-0.15, -0.1) is 24.0 Å². The van der Waals surface area contributed by atoms with Gasteiger partial charge in [0.1, 0.15) is 5.75 Å². The zero-order valence-corrected chi connectivity index (χ0v) is 18.7. The van der Waals surface area contributed by atoms with E-state index in [0.29, 0.717) is 18.1 Å². The Morgan fingerprint density at radius 1 is 1.21 bits per heavy atom. The second-order valence-electron chi connectivity index (χ2n) is 5.98. The highest BCUT2D eigenvalue weighted by Gasteiger charge is 2.29. The van der Waals surface area contributed by atoms with Crippen LogP contribution in [-0.2, 0) is 13.1 Å². The van der Waals surface area contributed by atoms with Gasteiger partial charge in [-0.05, 0) is 23.8 Å². The Labute approximate surface area is 185 Å². The molecule has 6 nitrogen and oxygen atoms in total. The normalized spacial score (nSPS) is 11.4. The highest BCUT2D eigenvalue weighted by molar-refractivity contribution is 14.0. The number of hydrogen-bond acceptors (Lipinski definition) is 4. The van der Waals surface area contributed by atoms with Crippen molar-refractivity contribution in [1.82, 2.24) is 15.2 Å². The SMILES string of the molecule is CN=C(NCc1cccnc1OCC(F)(F)F)N(C)Cc1ccc(OC)cc1.I. The molecule has 0 amide bonds. The van der Waals surface area contributed by atoms with E-state index in [4.69, 9.17) is 9.47 Å². The van der Waals surface area contributed by atoms with Gasteiger partial charge in [0, 0.05) is 38.9 Å². The molecule has 0 aliphatic carbocycles. The number of methoxy groups -OCH3 is 1. The maximum Gasteiger partial charge on any atom is 0.422 e. The van der Waals surface area contributed by atoms with Crippen LogP contribution in [0.3, 0.4) is 0 Å². The van der Waals surface area contributed by atoms with E-state index in [2.05, 4.69) is 15.3 Å². The molecular weight excluding hydrogens is 500 g/mol. The van der Waals surface area contributed by atoms with Crippen molar-refractivity contribution in [2.45, 2.75) is 19.3 Å². The lowest BCUT2D eigenvalue weighted by molar-refractivity contribution is -0.154. The maximum absolute atomic E-state index is 12.4. The number of aromatic nitrogens is 1. The molecule has 1 N–H and O–H groups in total. The average molecular weight is 524 g/mol. The minimum atomic E-state index is -4.42. The molecule has 0 atom stereocenters. The first-order chi connectivity index (χ1) is 13.3. The molecule has 0 radical (unpaired) electrons. The van der Waals surface area contributed by atoms with Gasteiger partial charge in [-0.2, -0.15) is 13.2 Å². The van der Waals surface area contributed by atoms with Crippen molar-refractivity contribution in [2.75, 3.05) is 27.8 Å². The summed E-state index contributed by atoms with van der Waals surface area (Å²) in [6, 6.07) is 10.9. The molecule has 0 aliphatic rings. The minimum Gasteiger partial charge on any atom is -0.497 e. The molecule has 0 spiro atoms. The summed E-state index contributed by atoms with van der Waals surface area (Å²) in [5.74, 6) is 1.30. The molecule has 29 heavy (non-hydrogen) atoms. The third kappa shape index (κ3) is 8.34. The van der Waals surface area contributed by atoms with Gasteiger partial charge in [0.2, 0.25) is 5.88 Å². The first-order valence-corrected chi connectivity index (χ1v) is 8.50. The average Bonchev–Trinajstić information content (AvgIpc) is 2.67. The van der Waals surface area contributed by atoms with Crippen LogP contribution in [0, 0.1) is 0 Å². The van der Waals surface area contributed by atoms with Crippen LogP contribution < -0.4 is 14.8 Å². The van der Waals surface area contributed by atoms with Crippen molar-refractivity contribution in [3.05, 3.63) is 53.7 Å². The Morgan fingerprint density at radius 3 is 2.48 bits per heavy atom. The quantitative estimate of drug-likeness (QED) is 0.339. The first kappa shape index (κ1) is 24.8. The zero-order valence-electron chi connectivity index (χ0n) is 16.4. The van der Waals surface area contributed by atoms with Crippen LogP contribution in [-0.4, -0.2) is 49.8 Å². The Hall–Kier alpha value is -2.24. The van der Waals surface area contributed by atoms with Gasteiger partial charge >= 0.3 is 6.18 Å². The van der Waals surface area contributed by atoms with E-state index in [1.807, 2.05) is 36.2 Å². The Bertz CT molecular complexity index is 786. The van der Waals surface area contributed by atoms with Gasteiger partial charge in [-0.3, -0.25) is 4.99 Å². The third-order valence-electron chi connectivity index (χ3n) is 3.81. The smallest absolute Gasteiger partial charge is 0.422 e. The van der Waals surface area contributed by atoms with E-state index in [-0.39, 0.29) is 36.4 Å². The van der Waals surface area contributed by atoms with Crippen LogP contribution >= 0.6 is 24.0 Å². The number of pyridine rings is 1. The van der Waals surface area contributed by atoms with Crippen molar-refractivity contribution in [1.29, 1.82) is 0 Å². The molecule has 0 unspecified atom stereocenters. The minimum absolute atomic E-state index is 0. The van der Waals surface area contributed by atoms with Crippen LogP contribution in [0.5, 0.6) is 11.6 Å². The summed E-state index contributed by atoms with van der Waals surface area (Å²) in [7, 11) is 5.11. The predicted molar refractivity (Wildman–Crippen MR) is 116 cm³/mol. The molecule has 1 aromatic carbocycles. The van der Waals surface area contributed by atoms with E-state index >= 15 is 0 Å². The van der Waals surface area contributed by atoms with E-state index in [1.54, 1.807) is 26.3 Å². The van der Waals surface area contributed by atoms with Crippen LogP contribution in [0.1, 0.15) is 11.1 Å². The van der Waals surface area contributed by atoms with Crippen molar-refractivity contribution in [2.24, 2.45) is 4.99 Å². The zero-order chi connectivity index (χ0) is 20.6. The number of alkyl halides is 3. The highest BCUT2D eigenvalue weighted by atomic mass is 127. The Balaban J connectivity index is 0.00000420. The standard InChI is InChI=1S/C19H23F3N4O2.HI/c1-23-18(26(2)12-14-6-8-16(27-3)9-7-14)25-11-15-5-4-10-24-17(15)28-13-19(20,21)22;/h4-10H,11-13H2,1-3H3,(H,23,25);1H. The van der Waals surface area contributed by atoms with E-state index in [0.717, 1.165) is 11.3 Å². The molecule has 0 aliphatic heterocycles. The van der Waals surface area contributed by atoms with Gasteiger partial charge < -0.3 is 19.7 Å². The van der Waals surface area contributed by atoms with Gasteiger partial charge in [0.25, 0.3) is 0 Å². The monoisotopic (exact) mass is 524 g/mol. The lowest BCUT2D eigenvalue weighted by Crippen LogP contribution is -2.38. The number of benzene rings is 1. The lowest BCUT2D eigenvalue weighted by Gasteiger charge is -2.22. The fourth-order valence-corrected chi connectivity index (χ4v) is 2.48. The molecule has 0 fully saturated rings. The van der Waals surface area contributed by atoms with E-state index in [9.17, 15) is 13.2 Å². The number of aliphatic imine (C=N–C) groups is 1. The van der Waals surface area contributed by atoms with Gasteiger partial charge in [0.15, 0.2) is 12.6 Å². The summed E-state index contributed by atoms with van der Waals surface area (Å²) in [6.07, 6.45) is -3.03.